The van der Waals surface area contributed by atoms with Crippen LogP contribution in [0, 0.1) is 10.1 Å². The van der Waals surface area contributed by atoms with Gasteiger partial charge in [-0.05, 0) is 13.0 Å². The molecule has 1 atom stereocenters. The molecule has 0 amide bonds. The van der Waals surface area contributed by atoms with Gasteiger partial charge in [0.15, 0.2) is 10.6 Å². The van der Waals surface area contributed by atoms with Crippen LogP contribution in [-0.2, 0) is 4.74 Å². The molecule has 0 saturated carbocycles. The summed E-state index contributed by atoms with van der Waals surface area (Å²) in [5.74, 6) is -0.574. The summed E-state index contributed by atoms with van der Waals surface area (Å²) in [6.45, 7) is 1.74. The first-order valence-corrected chi connectivity index (χ1v) is 7.41. The molecule has 0 N–H and O–H groups in total. The maximum atomic E-state index is 11.7. The van der Waals surface area contributed by atoms with Gasteiger partial charge in [0, 0.05) is 10.6 Å². The minimum atomic E-state index is -0.681. The maximum absolute atomic E-state index is 11.7. The fourth-order valence-corrected chi connectivity index (χ4v) is 2.95. The molecule has 22 heavy (non-hydrogen) atoms. The van der Waals surface area contributed by atoms with Crippen molar-refractivity contribution in [3.05, 3.63) is 55.9 Å². The summed E-state index contributed by atoms with van der Waals surface area (Å²) < 4.78 is 10.3. The average molecular weight is 342 g/mol. The lowest BCUT2D eigenvalue weighted by Gasteiger charge is -2.15. The van der Waals surface area contributed by atoms with Gasteiger partial charge < -0.3 is 9.47 Å². The molecule has 1 heterocycles. The number of carbonyl (C=O) groups excluding carboxylic acids is 1. The van der Waals surface area contributed by atoms with Gasteiger partial charge in [-0.3, -0.25) is 10.1 Å². The molecular weight excluding hydrogens is 330 g/mol. The summed E-state index contributed by atoms with van der Waals surface area (Å²) in [4.78, 5) is 22.1. The van der Waals surface area contributed by atoms with E-state index in [9.17, 15) is 14.9 Å². The molecule has 1 unspecified atom stereocenters. The zero-order valence-corrected chi connectivity index (χ0v) is 13.3. The third-order valence-corrected chi connectivity index (χ3v) is 4.27. The molecule has 0 aliphatic rings. The second-order valence-electron chi connectivity index (χ2n) is 4.31. The predicted molar refractivity (Wildman–Crippen MR) is 82.8 cm³/mol. The van der Waals surface area contributed by atoms with E-state index in [0.29, 0.717) is 21.9 Å². The van der Waals surface area contributed by atoms with Crippen LogP contribution < -0.4 is 4.74 Å². The number of ether oxygens (including phenoxy) is 2. The molecule has 6 nitrogen and oxygen atoms in total. The van der Waals surface area contributed by atoms with Gasteiger partial charge in [0.1, 0.15) is 6.10 Å². The Balaban J connectivity index is 2.34. The van der Waals surface area contributed by atoms with Gasteiger partial charge in [-0.1, -0.05) is 41.1 Å². The molecule has 8 heteroatoms. The highest BCUT2D eigenvalue weighted by molar-refractivity contribution is 7.17. The monoisotopic (exact) mass is 341 g/mol. The quantitative estimate of drug-likeness (QED) is 0.462. The summed E-state index contributed by atoms with van der Waals surface area (Å²) in [5, 5.41) is 11.2. The van der Waals surface area contributed by atoms with Gasteiger partial charge in [-0.2, -0.15) is 0 Å². The normalized spacial score (nSPS) is 11.8. The third kappa shape index (κ3) is 3.37. The van der Waals surface area contributed by atoms with Gasteiger partial charge in [0.2, 0.25) is 0 Å². The number of rotatable bonds is 5. The molecule has 0 aliphatic carbocycles. The number of nitrogens with zero attached hydrogens (tertiary/aromatic N) is 1. The number of nitro groups is 1. The fraction of sp³-hybridized carbons (Fsp3) is 0.214. The fourth-order valence-electron chi connectivity index (χ4n) is 1.83. The topological polar surface area (TPSA) is 78.7 Å². The van der Waals surface area contributed by atoms with E-state index in [1.807, 2.05) is 0 Å². The Morgan fingerprint density at radius 2 is 2.09 bits per heavy atom. The predicted octanol–water partition coefficient (Wildman–Crippen LogP) is 4.24. The van der Waals surface area contributed by atoms with E-state index in [1.54, 1.807) is 31.2 Å². The number of thiophene rings is 1. The molecule has 0 spiro atoms. The Morgan fingerprint density at radius 1 is 1.41 bits per heavy atom. The standard InChI is InChI=1S/C14H12ClNO5S/c1-8(9-5-3-4-6-10(9)15)21-11-7-12(16(18)19)22-13(11)14(17)20-2/h3-8H,1-2H3. The molecule has 1 aromatic carbocycles. The molecule has 0 fully saturated rings. The van der Waals surface area contributed by atoms with Crippen LogP contribution in [0.3, 0.4) is 0 Å². The van der Waals surface area contributed by atoms with E-state index in [4.69, 9.17) is 16.3 Å². The lowest BCUT2D eigenvalue weighted by atomic mass is 10.1. The van der Waals surface area contributed by atoms with Gasteiger partial charge >= 0.3 is 11.0 Å². The van der Waals surface area contributed by atoms with Crippen molar-refractivity contribution < 1.29 is 19.2 Å². The van der Waals surface area contributed by atoms with Gasteiger partial charge in [0.25, 0.3) is 0 Å². The number of halogens is 1. The van der Waals surface area contributed by atoms with E-state index < -0.39 is 17.0 Å². The number of esters is 1. The number of hydrogen-bond donors (Lipinski definition) is 0. The second kappa shape index (κ2) is 6.76. The van der Waals surface area contributed by atoms with Crippen molar-refractivity contribution >= 4 is 33.9 Å². The van der Waals surface area contributed by atoms with E-state index in [1.165, 1.54) is 13.2 Å². The summed E-state index contributed by atoms with van der Waals surface area (Å²) in [6, 6.07) is 8.30. The Labute approximate surface area is 135 Å². The molecule has 0 saturated heterocycles. The highest BCUT2D eigenvalue weighted by Crippen LogP contribution is 2.38. The first kappa shape index (κ1) is 16.3. The number of methoxy groups -OCH3 is 1. The minimum absolute atomic E-state index is 0.0492. The van der Waals surface area contributed by atoms with E-state index in [-0.39, 0.29) is 15.6 Å². The van der Waals surface area contributed by atoms with Crippen molar-refractivity contribution in [1.29, 1.82) is 0 Å². The molecule has 0 aliphatic heterocycles. The van der Waals surface area contributed by atoms with Crippen molar-refractivity contribution in [2.24, 2.45) is 0 Å². The van der Waals surface area contributed by atoms with Crippen LogP contribution in [0.1, 0.15) is 28.3 Å². The molecular formula is C14H12ClNO5S. The molecule has 0 bridgehead atoms. The van der Waals surface area contributed by atoms with Crippen LogP contribution in [-0.4, -0.2) is 18.0 Å². The smallest absolute Gasteiger partial charge is 0.352 e. The van der Waals surface area contributed by atoms with Crippen LogP contribution in [0.4, 0.5) is 5.00 Å². The highest BCUT2D eigenvalue weighted by Gasteiger charge is 2.25. The average Bonchev–Trinajstić information content (AvgIpc) is 2.91. The molecule has 116 valence electrons. The summed E-state index contributed by atoms with van der Waals surface area (Å²) >= 11 is 6.80. The van der Waals surface area contributed by atoms with Crippen LogP contribution >= 0.6 is 22.9 Å². The van der Waals surface area contributed by atoms with Crippen molar-refractivity contribution in [2.45, 2.75) is 13.0 Å². The summed E-state index contributed by atoms with van der Waals surface area (Å²) in [7, 11) is 1.20. The zero-order chi connectivity index (χ0) is 16.3. The van der Waals surface area contributed by atoms with E-state index >= 15 is 0 Å². The van der Waals surface area contributed by atoms with Gasteiger partial charge in [-0.25, -0.2) is 4.79 Å². The number of hydrogen-bond acceptors (Lipinski definition) is 6. The van der Waals surface area contributed by atoms with Crippen molar-refractivity contribution in [1.82, 2.24) is 0 Å². The van der Waals surface area contributed by atoms with E-state index in [2.05, 4.69) is 4.74 Å². The van der Waals surface area contributed by atoms with Gasteiger partial charge in [-0.15, -0.1) is 0 Å². The Hall–Kier alpha value is -2.12. The maximum Gasteiger partial charge on any atom is 0.352 e. The number of carbonyl (C=O) groups is 1. The first-order chi connectivity index (χ1) is 10.4. The van der Waals surface area contributed by atoms with Gasteiger partial charge in [0.05, 0.1) is 18.1 Å². The van der Waals surface area contributed by atoms with Crippen LogP contribution in [0.2, 0.25) is 5.02 Å². The van der Waals surface area contributed by atoms with Crippen LogP contribution in [0.5, 0.6) is 5.75 Å². The third-order valence-electron chi connectivity index (χ3n) is 2.88. The Morgan fingerprint density at radius 3 is 2.68 bits per heavy atom. The van der Waals surface area contributed by atoms with E-state index in [0.717, 1.165) is 0 Å². The van der Waals surface area contributed by atoms with Crippen molar-refractivity contribution in [2.75, 3.05) is 7.11 Å². The summed E-state index contributed by atoms with van der Waals surface area (Å²) in [6.07, 6.45) is -0.480. The molecule has 0 radical (unpaired) electrons. The zero-order valence-electron chi connectivity index (χ0n) is 11.7. The summed E-state index contributed by atoms with van der Waals surface area (Å²) in [5.41, 5.74) is 0.717. The molecule has 1 aromatic heterocycles. The Kier molecular flexibility index (Phi) is 4.99. The highest BCUT2D eigenvalue weighted by atomic mass is 35.5. The molecule has 2 aromatic rings. The van der Waals surface area contributed by atoms with Crippen LogP contribution in [0.15, 0.2) is 30.3 Å². The lowest BCUT2D eigenvalue weighted by Crippen LogP contribution is -2.07. The van der Waals surface area contributed by atoms with Crippen molar-refractivity contribution in [3.63, 3.8) is 0 Å². The minimum Gasteiger partial charge on any atom is -0.484 e. The SMILES string of the molecule is COC(=O)c1sc([N+](=O)[O-])cc1OC(C)c1ccccc1Cl. The second-order valence-corrected chi connectivity index (χ2v) is 5.75. The van der Waals surface area contributed by atoms with Crippen molar-refractivity contribution in [3.8, 4) is 5.75 Å². The lowest BCUT2D eigenvalue weighted by molar-refractivity contribution is -0.380. The first-order valence-electron chi connectivity index (χ1n) is 6.21. The Bertz CT molecular complexity index is 715. The van der Waals surface area contributed by atoms with Crippen LogP contribution in [0.25, 0.3) is 0 Å². The largest absolute Gasteiger partial charge is 0.484 e. The molecule has 2 rings (SSSR count). The number of benzene rings is 1.